The highest BCUT2D eigenvalue weighted by molar-refractivity contribution is 5.68. The summed E-state index contributed by atoms with van der Waals surface area (Å²) in [5.41, 5.74) is 0.982. The van der Waals surface area contributed by atoms with E-state index in [4.69, 9.17) is 0 Å². The summed E-state index contributed by atoms with van der Waals surface area (Å²) < 4.78 is 1.47. The van der Waals surface area contributed by atoms with Gasteiger partial charge in [0.25, 0.3) is 5.56 Å². The Kier molecular flexibility index (Phi) is 2.75. The van der Waals surface area contributed by atoms with E-state index >= 15 is 0 Å². The molecule has 1 aromatic carbocycles. The molecule has 2 aromatic heterocycles. The lowest BCUT2D eigenvalue weighted by molar-refractivity contribution is 0.667. The van der Waals surface area contributed by atoms with Gasteiger partial charge in [0.1, 0.15) is 5.52 Å². The van der Waals surface area contributed by atoms with E-state index in [1.54, 1.807) is 0 Å². The number of hydrogen-bond acceptors (Lipinski definition) is 3. The monoisotopic (exact) mass is 256 g/mol. The first-order valence-electron chi connectivity index (χ1n) is 5.96. The fraction of sp³-hybridized carbons (Fsp3) is 0.154. The van der Waals surface area contributed by atoms with Gasteiger partial charge in [-0.25, -0.2) is 9.78 Å². The number of fused-ring (bicyclic) bond motifs is 1. The van der Waals surface area contributed by atoms with Crippen molar-refractivity contribution in [1.82, 2.24) is 19.5 Å². The molecule has 2 N–H and O–H groups in total. The van der Waals surface area contributed by atoms with E-state index < -0.39 is 11.2 Å². The molecule has 0 bridgehead atoms. The third-order valence-corrected chi connectivity index (χ3v) is 3.03. The van der Waals surface area contributed by atoms with Crippen LogP contribution in [0.2, 0.25) is 0 Å². The van der Waals surface area contributed by atoms with E-state index in [0.29, 0.717) is 24.1 Å². The maximum absolute atomic E-state index is 11.8. The van der Waals surface area contributed by atoms with Gasteiger partial charge in [0, 0.05) is 6.54 Å². The molecule has 0 aliphatic heterocycles. The molecule has 0 atom stereocenters. The van der Waals surface area contributed by atoms with E-state index in [0.717, 1.165) is 5.56 Å². The first-order chi connectivity index (χ1) is 9.25. The standard InChI is InChI=1S/C13H12N4O2/c18-12-10-11(15-8-14-10)17(13(19)16-12)7-6-9-4-2-1-3-5-9/h1-5,8H,6-7H2,(H,14,15)(H,16,18,19). The number of hydrogen-bond donors (Lipinski definition) is 2. The zero-order valence-corrected chi connectivity index (χ0v) is 10.1. The van der Waals surface area contributed by atoms with Crippen molar-refractivity contribution < 1.29 is 0 Å². The number of nitrogens with one attached hydrogen (secondary N) is 2. The van der Waals surface area contributed by atoms with Gasteiger partial charge in [0.2, 0.25) is 0 Å². The molecule has 3 aromatic rings. The number of nitrogens with zero attached hydrogens (tertiary/aromatic N) is 2. The van der Waals surface area contributed by atoms with Gasteiger partial charge in [-0.2, -0.15) is 0 Å². The summed E-state index contributed by atoms with van der Waals surface area (Å²) in [7, 11) is 0. The summed E-state index contributed by atoms with van der Waals surface area (Å²) in [6.45, 7) is 0.473. The topological polar surface area (TPSA) is 83.5 Å². The maximum Gasteiger partial charge on any atom is 0.330 e. The van der Waals surface area contributed by atoms with Crippen LogP contribution in [0.3, 0.4) is 0 Å². The Balaban J connectivity index is 1.99. The van der Waals surface area contributed by atoms with Crippen LogP contribution < -0.4 is 11.2 Å². The first kappa shape index (κ1) is 11.5. The minimum absolute atomic E-state index is 0.327. The number of aromatic nitrogens is 4. The molecule has 19 heavy (non-hydrogen) atoms. The molecule has 0 saturated heterocycles. The second-order valence-electron chi connectivity index (χ2n) is 4.25. The third kappa shape index (κ3) is 2.08. The Bertz CT molecular complexity index is 814. The molecule has 6 nitrogen and oxygen atoms in total. The zero-order valence-electron chi connectivity index (χ0n) is 10.1. The van der Waals surface area contributed by atoms with E-state index in [1.807, 2.05) is 30.3 Å². The van der Waals surface area contributed by atoms with Crippen molar-refractivity contribution in [3.63, 3.8) is 0 Å². The number of aromatic amines is 2. The molecule has 2 heterocycles. The van der Waals surface area contributed by atoms with Crippen LogP contribution in [0, 0.1) is 0 Å². The van der Waals surface area contributed by atoms with Crippen molar-refractivity contribution in [2.75, 3.05) is 0 Å². The highest BCUT2D eigenvalue weighted by Gasteiger charge is 2.09. The van der Waals surface area contributed by atoms with Gasteiger partial charge >= 0.3 is 5.69 Å². The smallest absolute Gasteiger partial charge is 0.330 e. The summed E-state index contributed by atoms with van der Waals surface area (Å²) in [4.78, 5) is 32.4. The molecule has 0 spiro atoms. The summed E-state index contributed by atoms with van der Waals surface area (Å²) in [6, 6.07) is 9.85. The van der Waals surface area contributed by atoms with Crippen molar-refractivity contribution in [3.8, 4) is 0 Å². The van der Waals surface area contributed by atoms with Crippen LogP contribution in [0.25, 0.3) is 11.2 Å². The SMILES string of the molecule is O=c1[nH]c(=O)n(CCc2ccccc2)c2nc[nH]c12. The summed E-state index contributed by atoms with van der Waals surface area (Å²) >= 11 is 0. The average Bonchev–Trinajstić information content (AvgIpc) is 2.89. The molecule has 0 aliphatic carbocycles. The molecule has 0 fully saturated rings. The van der Waals surface area contributed by atoms with Crippen LogP contribution in [-0.4, -0.2) is 19.5 Å². The van der Waals surface area contributed by atoms with Crippen LogP contribution in [0.1, 0.15) is 5.56 Å². The molecule has 96 valence electrons. The van der Waals surface area contributed by atoms with Crippen LogP contribution in [0.15, 0.2) is 46.2 Å². The molecule has 0 saturated carbocycles. The highest BCUT2D eigenvalue weighted by atomic mass is 16.2. The fourth-order valence-electron chi connectivity index (χ4n) is 2.08. The minimum Gasteiger partial charge on any atom is -0.339 e. The van der Waals surface area contributed by atoms with Crippen LogP contribution in [-0.2, 0) is 13.0 Å². The number of rotatable bonds is 3. The van der Waals surface area contributed by atoms with Gasteiger partial charge < -0.3 is 4.98 Å². The van der Waals surface area contributed by atoms with Crippen LogP contribution in [0.4, 0.5) is 0 Å². The Hall–Kier alpha value is -2.63. The Morgan fingerprint density at radius 1 is 1.16 bits per heavy atom. The molecular formula is C13H12N4O2. The van der Waals surface area contributed by atoms with E-state index in [-0.39, 0.29) is 0 Å². The highest BCUT2D eigenvalue weighted by Crippen LogP contribution is 2.04. The predicted molar refractivity (Wildman–Crippen MR) is 71.1 cm³/mol. The van der Waals surface area contributed by atoms with E-state index in [2.05, 4.69) is 15.0 Å². The average molecular weight is 256 g/mol. The lowest BCUT2D eigenvalue weighted by Crippen LogP contribution is -2.30. The van der Waals surface area contributed by atoms with Gasteiger partial charge in [-0.05, 0) is 12.0 Å². The third-order valence-electron chi connectivity index (χ3n) is 3.03. The van der Waals surface area contributed by atoms with Crippen molar-refractivity contribution >= 4 is 11.2 Å². The second-order valence-corrected chi connectivity index (χ2v) is 4.25. The Morgan fingerprint density at radius 2 is 1.95 bits per heavy atom. The lowest BCUT2D eigenvalue weighted by Gasteiger charge is -2.05. The van der Waals surface area contributed by atoms with Gasteiger partial charge in [-0.15, -0.1) is 0 Å². The zero-order chi connectivity index (χ0) is 13.2. The number of H-pyrrole nitrogens is 2. The normalized spacial score (nSPS) is 10.9. The number of aryl methyl sites for hydroxylation is 2. The van der Waals surface area contributed by atoms with Crippen LogP contribution in [0.5, 0.6) is 0 Å². The summed E-state index contributed by atoms with van der Waals surface area (Å²) in [6.07, 6.45) is 2.12. The Morgan fingerprint density at radius 3 is 2.74 bits per heavy atom. The largest absolute Gasteiger partial charge is 0.339 e. The van der Waals surface area contributed by atoms with Crippen molar-refractivity contribution in [2.24, 2.45) is 0 Å². The van der Waals surface area contributed by atoms with Gasteiger partial charge in [-0.3, -0.25) is 14.3 Å². The first-order valence-corrected chi connectivity index (χ1v) is 5.96. The molecule has 0 amide bonds. The number of benzene rings is 1. The van der Waals surface area contributed by atoms with Crippen molar-refractivity contribution in [1.29, 1.82) is 0 Å². The fourth-order valence-corrected chi connectivity index (χ4v) is 2.08. The molecule has 3 rings (SSSR count). The summed E-state index contributed by atoms with van der Waals surface area (Å²) in [5, 5.41) is 0. The van der Waals surface area contributed by atoms with Gasteiger partial charge in [0.15, 0.2) is 5.65 Å². The molecule has 0 radical (unpaired) electrons. The van der Waals surface area contributed by atoms with Gasteiger partial charge in [0.05, 0.1) is 6.33 Å². The van der Waals surface area contributed by atoms with Gasteiger partial charge in [-0.1, -0.05) is 30.3 Å². The summed E-state index contributed by atoms with van der Waals surface area (Å²) in [5.74, 6) is 0. The maximum atomic E-state index is 11.8. The van der Waals surface area contributed by atoms with Crippen molar-refractivity contribution in [3.05, 3.63) is 63.1 Å². The van der Waals surface area contributed by atoms with E-state index in [9.17, 15) is 9.59 Å². The molecule has 0 unspecified atom stereocenters. The molecule has 6 heteroatoms. The van der Waals surface area contributed by atoms with E-state index in [1.165, 1.54) is 10.9 Å². The van der Waals surface area contributed by atoms with Crippen LogP contribution >= 0.6 is 0 Å². The quantitative estimate of drug-likeness (QED) is 0.722. The predicted octanol–water partition coefficient (Wildman–Crippen LogP) is 0.656. The lowest BCUT2D eigenvalue weighted by atomic mass is 10.1. The Labute approximate surface area is 107 Å². The minimum atomic E-state index is -0.437. The number of imidazole rings is 1. The van der Waals surface area contributed by atoms with Crippen molar-refractivity contribution in [2.45, 2.75) is 13.0 Å². The molecular weight excluding hydrogens is 244 g/mol. The molecule has 0 aliphatic rings. The second kappa shape index (κ2) is 4.56.